The Labute approximate surface area is 156 Å². The van der Waals surface area contributed by atoms with Crippen LogP contribution in [0.25, 0.3) is 0 Å². The van der Waals surface area contributed by atoms with Crippen molar-refractivity contribution in [3.05, 3.63) is 51.6 Å². The second kappa shape index (κ2) is 8.17. The first-order valence-corrected chi connectivity index (χ1v) is 9.97. The zero-order valence-electron chi connectivity index (χ0n) is 13.7. The van der Waals surface area contributed by atoms with E-state index in [1.165, 1.54) is 0 Å². The molecule has 0 spiro atoms. The number of hydrogen-bond donors (Lipinski definition) is 1. The lowest BCUT2D eigenvalue weighted by atomic mass is 10.1. The highest BCUT2D eigenvalue weighted by Crippen LogP contribution is 2.26. The van der Waals surface area contributed by atoms with Gasteiger partial charge in [-0.25, -0.2) is 13.1 Å². The van der Waals surface area contributed by atoms with Crippen LogP contribution in [0.15, 0.2) is 47.4 Å². The Balaban J connectivity index is 2.26. The molecule has 2 aromatic carbocycles. The lowest BCUT2D eigenvalue weighted by molar-refractivity contribution is 0.411. The smallest absolute Gasteiger partial charge is 0.241 e. The molecule has 0 aliphatic carbocycles. The van der Waals surface area contributed by atoms with Gasteiger partial charge in [0.2, 0.25) is 10.0 Å². The Morgan fingerprint density at radius 2 is 1.75 bits per heavy atom. The number of hydrogen-bond acceptors (Lipinski definition) is 4. The molecule has 0 saturated heterocycles. The Morgan fingerprint density at radius 3 is 2.25 bits per heavy atom. The molecule has 0 bridgehead atoms. The Hall–Kier alpha value is -1.32. The monoisotopic (exact) mass is 461 g/mol. The molecule has 2 aromatic rings. The first kappa shape index (κ1) is 19.0. The predicted molar refractivity (Wildman–Crippen MR) is 102 cm³/mol. The summed E-state index contributed by atoms with van der Waals surface area (Å²) in [5.41, 5.74) is 0.894. The molecule has 130 valence electrons. The molecular weight excluding hydrogens is 441 g/mol. The van der Waals surface area contributed by atoms with Crippen LogP contribution in [0.1, 0.15) is 24.9 Å². The molecular formula is C17H20INO4S. The van der Waals surface area contributed by atoms with Crippen molar-refractivity contribution in [1.82, 2.24) is 4.72 Å². The van der Waals surface area contributed by atoms with Crippen LogP contribution in [0.4, 0.5) is 0 Å². The minimum absolute atomic E-state index is 0.222. The lowest BCUT2D eigenvalue weighted by Crippen LogP contribution is -2.28. The van der Waals surface area contributed by atoms with E-state index in [1.54, 1.807) is 32.4 Å². The second-order valence-corrected chi connectivity index (χ2v) is 8.03. The van der Waals surface area contributed by atoms with Crippen molar-refractivity contribution in [3.63, 3.8) is 0 Å². The molecule has 0 radical (unpaired) electrons. The number of methoxy groups -OCH3 is 2. The Bertz CT molecular complexity index is 791. The number of nitrogens with one attached hydrogen (secondary N) is 1. The van der Waals surface area contributed by atoms with E-state index in [9.17, 15) is 8.42 Å². The van der Waals surface area contributed by atoms with Crippen LogP contribution in [0.3, 0.4) is 0 Å². The van der Waals surface area contributed by atoms with Gasteiger partial charge in [0.15, 0.2) is 0 Å². The fourth-order valence-electron chi connectivity index (χ4n) is 2.29. The highest BCUT2D eigenvalue weighted by molar-refractivity contribution is 14.1. The fourth-order valence-corrected chi connectivity index (χ4v) is 4.57. The van der Waals surface area contributed by atoms with Crippen molar-refractivity contribution in [2.24, 2.45) is 0 Å². The SMILES string of the molecule is CCC(NS(=O)(=O)c1ccc(OC)c(I)c1)c1ccc(OC)cc1. The van der Waals surface area contributed by atoms with Crippen molar-refractivity contribution >= 4 is 32.6 Å². The van der Waals surface area contributed by atoms with Gasteiger partial charge in [-0.2, -0.15) is 0 Å². The van der Waals surface area contributed by atoms with E-state index in [4.69, 9.17) is 9.47 Å². The maximum absolute atomic E-state index is 12.7. The molecule has 0 aliphatic rings. The van der Waals surface area contributed by atoms with Gasteiger partial charge in [-0.1, -0.05) is 19.1 Å². The molecule has 0 fully saturated rings. The van der Waals surface area contributed by atoms with E-state index in [0.29, 0.717) is 12.2 Å². The minimum Gasteiger partial charge on any atom is -0.497 e. The molecule has 7 heteroatoms. The van der Waals surface area contributed by atoms with Gasteiger partial charge in [0.25, 0.3) is 0 Å². The standard InChI is InChI=1S/C17H20INO4S/c1-4-16(12-5-7-13(22-2)8-6-12)19-24(20,21)14-9-10-17(23-3)15(18)11-14/h5-11,16,19H,4H2,1-3H3. The molecule has 0 saturated carbocycles. The summed E-state index contributed by atoms with van der Waals surface area (Å²) in [6, 6.07) is 11.9. The Morgan fingerprint density at radius 1 is 1.08 bits per heavy atom. The van der Waals surface area contributed by atoms with Crippen LogP contribution in [-0.2, 0) is 10.0 Å². The molecule has 1 unspecified atom stereocenters. The molecule has 1 atom stereocenters. The van der Waals surface area contributed by atoms with E-state index >= 15 is 0 Å². The first-order valence-electron chi connectivity index (χ1n) is 7.41. The van der Waals surface area contributed by atoms with E-state index in [-0.39, 0.29) is 10.9 Å². The number of rotatable bonds is 7. The molecule has 0 heterocycles. The van der Waals surface area contributed by atoms with Gasteiger partial charge >= 0.3 is 0 Å². The summed E-state index contributed by atoms with van der Waals surface area (Å²) in [4.78, 5) is 0.222. The predicted octanol–water partition coefficient (Wildman–Crippen LogP) is 3.74. The molecule has 0 amide bonds. The summed E-state index contributed by atoms with van der Waals surface area (Å²) in [5.74, 6) is 1.39. The summed E-state index contributed by atoms with van der Waals surface area (Å²) in [5, 5.41) is 0. The maximum atomic E-state index is 12.7. The van der Waals surface area contributed by atoms with Gasteiger partial charge in [0.05, 0.1) is 22.7 Å². The van der Waals surface area contributed by atoms with Gasteiger partial charge in [-0.3, -0.25) is 0 Å². The van der Waals surface area contributed by atoms with Crippen molar-refractivity contribution in [3.8, 4) is 11.5 Å². The summed E-state index contributed by atoms with van der Waals surface area (Å²) in [6.45, 7) is 1.94. The fraction of sp³-hybridized carbons (Fsp3) is 0.294. The summed E-state index contributed by atoms with van der Waals surface area (Å²) >= 11 is 2.06. The second-order valence-electron chi connectivity index (χ2n) is 5.15. The van der Waals surface area contributed by atoms with Crippen LogP contribution in [-0.4, -0.2) is 22.6 Å². The van der Waals surface area contributed by atoms with E-state index in [2.05, 4.69) is 27.3 Å². The van der Waals surface area contributed by atoms with Crippen LogP contribution in [0, 0.1) is 3.57 Å². The quantitative estimate of drug-likeness (QED) is 0.639. The molecule has 24 heavy (non-hydrogen) atoms. The number of halogens is 1. The average molecular weight is 461 g/mol. The third-order valence-corrected chi connectivity index (χ3v) is 5.97. The highest BCUT2D eigenvalue weighted by atomic mass is 127. The van der Waals surface area contributed by atoms with Crippen LogP contribution in [0.5, 0.6) is 11.5 Å². The van der Waals surface area contributed by atoms with Crippen LogP contribution in [0.2, 0.25) is 0 Å². The largest absolute Gasteiger partial charge is 0.497 e. The maximum Gasteiger partial charge on any atom is 0.241 e. The summed E-state index contributed by atoms with van der Waals surface area (Å²) in [7, 11) is -0.471. The summed E-state index contributed by atoms with van der Waals surface area (Å²) in [6.07, 6.45) is 0.638. The van der Waals surface area contributed by atoms with Gasteiger partial charge in [-0.05, 0) is 64.9 Å². The zero-order chi connectivity index (χ0) is 17.7. The van der Waals surface area contributed by atoms with Gasteiger partial charge < -0.3 is 9.47 Å². The number of sulfonamides is 1. The topological polar surface area (TPSA) is 64.6 Å². The van der Waals surface area contributed by atoms with E-state index in [1.807, 2.05) is 31.2 Å². The number of ether oxygens (including phenoxy) is 2. The zero-order valence-corrected chi connectivity index (χ0v) is 16.7. The molecule has 5 nitrogen and oxygen atoms in total. The van der Waals surface area contributed by atoms with Crippen molar-refractivity contribution in [1.29, 1.82) is 0 Å². The van der Waals surface area contributed by atoms with Crippen molar-refractivity contribution < 1.29 is 17.9 Å². The normalized spacial score (nSPS) is 12.7. The van der Waals surface area contributed by atoms with E-state index in [0.717, 1.165) is 14.9 Å². The van der Waals surface area contributed by atoms with Gasteiger partial charge in [0.1, 0.15) is 11.5 Å². The molecule has 1 N–H and O–H groups in total. The molecule has 0 aliphatic heterocycles. The van der Waals surface area contributed by atoms with Crippen molar-refractivity contribution in [2.45, 2.75) is 24.3 Å². The average Bonchev–Trinajstić information content (AvgIpc) is 2.59. The number of benzene rings is 2. The molecule has 2 rings (SSSR count). The molecule has 0 aromatic heterocycles. The Kier molecular flexibility index (Phi) is 6.47. The highest BCUT2D eigenvalue weighted by Gasteiger charge is 2.21. The lowest BCUT2D eigenvalue weighted by Gasteiger charge is -2.18. The minimum atomic E-state index is -3.62. The summed E-state index contributed by atoms with van der Waals surface area (Å²) < 4.78 is 39.2. The van der Waals surface area contributed by atoms with Crippen LogP contribution >= 0.6 is 22.6 Å². The third kappa shape index (κ3) is 4.40. The van der Waals surface area contributed by atoms with Gasteiger partial charge in [0, 0.05) is 6.04 Å². The van der Waals surface area contributed by atoms with Gasteiger partial charge in [-0.15, -0.1) is 0 Å². The van der Waals surface area contributed by atoms with Crippen molar-refractivity contribution in [2.75, 3.05) is 14.2 Å². The van der Waals surface area contributed by atoms with E-state index < -0.39 is 10.0 Å². The third-order valence-electron chi connectivity index (χ3n) is 3.66. The van der Waals surface area contributed by atoms with Crippen LogP contribution < -0.4 is 14.2 Å². The first-order chi connectivity index (χ1) is 11.4.